The molecule has 2 aromatic carbocycles. The van der Waals surface area contributed by atoms with Crippen molar-refractivity contribution in [2.45, 2.75) is 32.7 Å². The number of carbonyl (C=O) groups excluding carboxylic acids is 1. The first-order chi connectivity index (χ1) is 12.6. The van der Waals surface area contributed by atoms with Gasteiger partial charge in [0.15, 0.2) is 18.1 Å². The molecular formula is C22H27NO3. The van der Waals surface area contributed by atoms with Crippen LogP contribution < -0.4 is 14.8 Å². The first-order valence-electron chi connectivity index (χ1n) is 8.89. The van der Waals surface area contributed by atoms with Crippen LogP contribution in [0.5, 0.6) is 11.5 Å². The van der Waals surface area contributed by atoms with Gasteiger partial charge >= 0.3 is 0 Å². The number of carbonyl (C=O) groups is 1. The topological polar surface area (TPSA) is 47.6 Å². The summed E-state index contributed by atoms with van der Waals surface area (Å²) >= 11 is 0. The number of allylic oxidation sites excluding steroid dienone is 1. The molecule has 0 aromatic heterocycles. The summed E-state index contributed by atoms with van der Waals surface area (Å²) in [6.07, 6.45) is 5.76. The van der Waals surface area contributed by atoms with Gasteiger partial charge in [-0.15, -0.1) is 0 Å². The van der Waals surface area contributed by atoms with Crippen LogP contribution in [-0.2, 0) is 11.2 Å². The SMILES string of the molecule is C/C=C/c1ccc(OCC(=O)NC(C)CCc2ccccc2)c(OC)c1. The van der Waals surface area contributed by atoms with Gasteiger partial charge in [0.25, 0.3) is 5.91 Å². The third-order valence-electron chi connectivity index (χ3n) is 4.02. The van der Waals surface area contributed by atoms with E-state index in [2.05, 4.69) is 17.4 Å². The summed E-state index contributed by atoms with van der Waals surface area (Å²) in [7, 11) is 1.59. The molecule has 0 heterocycles. The zero-order chi connectivity index (χ0) is 18.8. The summed E-state index contributed by atoms with van der Waals surface area (Å²) in [6.45, 7) is 3.93. The molecule has 0 radical (unpaired) electrons. The lowest BCUT2D eigenvalue weighted by Gasteiger charge is -2.15. The van der Waals surface area contributed by atoms with Gasteiger partial charge in [0.1, 0.15) is 0 Å². The highest BCUT2D eigenvalue weighted by atomic mass is 16.5. The number of benzene rings is 2. The van der Waals surface area contributed by atoms with Gasteiger partial charge < -0.3 is 14.8 Å². The van der Waals surface area contributed by atoms with Gasteiger partial charge in [-0.2, -0.15) is 0 Å². The van der Waals surface area contributed by atoms with Crippen LogP contribution in [0.25, 0.3) is 6.08 Å². The summed E-state index contributed by atoms with van der Waals surface area (Å²) < 4.78 is 11.0. The molecule has 2 aromatic rings. The molecule has 2 rings (SSSR count). The van der Waals surface area contributed by atoms with Crippen molar-refractivity contribution in [1.29, 1.82) is 0 Å². The van der Waals surface area contributed by atoms with Crippen LogP contribution in [0, 0.1) is 0 Å². The standard InChI is InChI=1S/C22H27NO3/c1-4-8-19-13-14-20(21(15-19)25-3)26-16-22(24)23-17(2)11-12-18-9-6-5-7-10-18/h4-10,13-15,17H,11-12,16H2,1-3H3,(H,23,24)/b8-4+. The summed E-state index contributed by atoms with van der Waals surface area (Å²) in [4.78, 5) is 12.1. The molecule has 0 saturated heterocycles. The fourth-order valence-corrected chi connectivity index (χ4v) is 2.66. The number of ether oxygens (including phenoxy) is 2. The average Bonchev–Trinajstić information content (AvgIpc) is 2.66. The molecular weight excluding hydrogens is 326 g/mol. The maximum absolute atomic E-state index is 12.1. The molecule has 1 amide bonds. The highest BCUT2D eigenvalue weighted by molar-refractivity contribution is 5.78. The maximum atomic E-state index is 12.1. The van der Waals surface area contributed by atoms with E-state index in [1.807, 2.05) is 62.4 Å². The predicted octanol–water partition coefficient (Wildman–Crippen LogP) is 4.24. The van der Waals surface area contributed by atoms with E-state index in [0.717, 1.165) is 18.4 Å². The van der Waals surface area contributed by atoms with Crippen molar-refractivity contribution >= 4 is 12.0 Å². The number of nitrogens with one attached hydrogen (secondary N) is 1. The monoisotopic (exact) mass is 353 g/mol. The number of aryl methyl sites for hydroxylation is 1. The van der Waals surface area contributed by atoms with Crippen molar-refractivity contribution in [2.75, 3.05) is 13.7 Å². The summed E-state index contributed by atoms with van der Waals surface area (Å²) in [5, 5.41) is 2.97. The number of methoxy groups -OCH3 is 1. The van der Waals surface area contributed by atoms with Crippen molar-refractivity contribution in [3.8, 4) is 11.5 Å². The van der Waals surface area contributed by atoms with Gasteiger partial charge in [-0.1, -0.05) is 48.6 Å². The van der Waals surface area contributed by atoms with Crippen LogP contribution in [-0.4, -0.2) is 25.7 Å². The quantitative estimate of drug-likeness (QED) is 0.733. The molecule has 0 spiro atoms. The molecule has 1 unspecified atom stereocenters. The Kier molecular flexibility index (Phi) is 7.75. The Balaban J connectivity index is 1.80. The van der Waals surface area contributed by atoms with Gasteiger partial charge in [-0.25, -0.2) is 0 Å². The molecule has 0 aliphatic rings. The summed E-state index contributed by atoms with van der Waals surface area (Å²) in [6, 6.07) is 16.0. The van der Waals surface area contributed by atoms with Gasteiger partial charge in [0.05, 0.1) is 7.11 Å². The first-order valence-corrected chi connectivity index (χ1v) is 8.89. The van der Waals surface area contributed by atoms with Crippen LogP contribution >= 0.6 is 0 Å². The second-order valence-electron chi connectivity index (χ2n) is 6.19. The molecule has 4 heteroatoms. The molecule has 0 aliphatic heterocycles. The van der Waals surface area contributed by atoms with Crippen molar-refractivity contribution in [3.63, 3.8) is 0 Å². The Bertz CT molecular complexity index is 725. The van der Waals surface area contributed by atoms with Crippen LogP contribution in [0.4, 0.5) is 0 Å². The van der Waals surface area contributed by atoms with E-state index >= 15 is 0 Å². The van der Waals surface area contributed by atoms with Crippen molar-refractivity contribution in [3.05, 3.63) is 65.7 Å². The third-order valence-corrected chi connectivity index (χ3v) is 4.02. The lowest BCUT2D eigenvalue weighted by atomic mass is 10.1. The summed E-state index contributed by atoms with van der Waals surface area (Å²) in [5.74, 6) is 1.04. The Morgan fingerprint density at radius 1 is 1.15 bits per heavy atom. The average molecular weight is 353 g/mol. The molecule has 1 atom stereocenters. The second kappa shape index (κ2) is 10.3. The smallest absolute Gasteiger partial charge is 0.258 e. The molecule has 26 heavy (non-hydrogen) atoms. The Labute approximate surface area is 155 Å². The maximum Gasteiger partial charge on any atom is 0.258 e. The number of hydrogen-bond acceptors (Lipinski definition) is 3. The van der Waals surface area contributed by atoms with Gasteiger partial charge in [-0.3, -0.25) is 4.79 Å². The van der Waals surface area contributed by atoms with Crippen molar-refractivity contribution < 1.29 is 14.3 Å². The predicted molar refractivity (Wildman–Crippen MR) is 106 cm³/mol. The van der Waals surface area contributed by atoms with E-state index < -0.39 is 0 Å². The van der Waals surface area contributed by atoms with Gasteiger partial charge in [-0.05, 0) is 49.9 Å². The van der Waals surface area contributed by atoms with Crippen LogP contribution in [0.3, 0.4) is 0 Å². The van der Waals surface area contributed by atoms with Crippen molar-refractivity contribution in [2.24, 2.45) is 0 Å². The third kappa shape index (κ3) is 6.28. The molecule has 0 bridgehead atoms. The fraction of sp³-hybridized carbons (Fsp3) is 0.318. The zero-order valence-corrected chi connectivity index (χ0v) is 15.7. The molecule has 0 saturated carbocycles. The highest BCUT2D eigenvalue weighted by Crippen LogP contribution is 2.28. The van der Waals surface area contributed by atoms with Crippen molar-refractivity contribution in [1.82, 2.24) is 5.32 Å². The lowest BCUT2D eigenvalue weighted by Crippen LogP contribution is -2.36. The number of amides is 1. The molecule has 0 fully saturated rings. The molecule has 0 aliphatic carbocycles. The van der Waals surface area contributed by atoms with Gasteiger partial charge in [0, 0.05) is 6.04 Å². The van der Waals surface area contributed by atoms with E-state index in [0.29, 0.717) is 11.5 Å². The highest BCUT2D eigenvalue weighted by Gasteiger charge is 2.11. The lowest BCUT2D eigenvalue weighted by molar-refractivity contribution is -0.123. The van der Waals surface area contributed by atoms with E-state index in [1.165, 1.54) is 5.56 Å². The second-order valence-corrected chi connectivity index (χ2v) is 6.19. The minimum Gasteiger partial charge on any atom is -0.493 e. The van der Waals surface area contributed by atoms with Gasteiger partial charge in [0.2, 0.25) is 0 Å². The van der Waals surface area contributed by atoms with E-state index in [-0.39, 0.29) is 18.6 Å². The Hall–Kier alpha value is -2.75. The minimum absolute atomic E-state index is 0.0327. The van der Waals surface area contributed by atoms with E-state index in [1.54, 1.807) is 7.11 Å². The van der Waals surface area contributed by atoms with Crippen LogP contribution in [0.15, 0.2) is 54.6 Å². The van der Waals surface area contributed by atoms with E-state index in [4.69, 9.17) is 9.47 Å². The molecule has 1 N–H and O–H groups in total. The number of hydrogen-bond donors (Lipinski definition) is 1. The van der Waals surface area contributed by atoms with E-state index in [9.17, 15) is 4.79 Å². The Morgan fingerprint density at radius 2 is 1.92 bits per heavy atom. The normalized spacial score (nSPS) is 12.0. The first kappa shape index (κ1) is 19.6. The largest absolute Gasteiger partial charge is 0.493 e. The minimum atomic E-state index is -0.134. The molecule has 138 valence electrons. The zero-order valence-electron chi connectivity index (χ0n) is 15.7. The van der Waals surface area contributed by atoms with Crippen LogP contribution in [0.2, 0.25) is 0 Å². The fourth-order valence-electron chi connectivity index (χ4n) is 2.66. The Morgan fingerprint density at radius 3 is 2.62 bits per heavy atom. The van der Waals surface area contributed by atoms with Crippen LogP contribution in [0.1, 0.15) is 31.4 Å². The number of rotatable bonds is 9. The summed E-state index contributed by atoms with van der Waals surface area (Å²) in [5.41, 5.74) is 2.30. The molecule has 4 nitrogen and oxygen atoms in total.